The number of nitrogens with zero attached hydrogens (tertiary/aromatic N) is 2. The van der Waals surface area contributed by atoms with Crippen molar-refractivity contribution in [1.29, 1.82) is 0 Å². The minimum Gasteiger partial charge on any atom is -0.453 e. The first-order valence-electron chi connectivity index (χ1n) is 14.2. The van der Waals surface area contributed by atoms with Crippen LogP contribution in [-0.2, 0) is 27.0 Å². The van der Waals surface area contributed by atoms with E-state index in [1.165, 1.54) is 19.2 Å². The van der Waals surface area contributed by atoms with Gasteiger partial charge in [0.1, 0.15) is 0 Å². The highest BCUT2D eigenvalue weighted by atomic mass is 19.2. The Bertz CT molecular complexity index is 1350. The van der Waals surface area contributed by atoms with E-state index in [4.69, 9.17) is 4.74 Å². The third kappa shape index (κ3) is 6.43. The van der Waals surface area contributed by atoms with Gasteiger partial charge in [0.15, 0.2) is 11.6 Å². The molecule has 2 aliphatic rings. The molecule has 0 aromatic heterocycles. The molecule has 2 aliphatic heterocycles. The molecular weight excluding hydrogens is 524 g/mol. The van der Waals surface area contributed by atoms with E-state index in [0.29, 0.717) is 45.2 Å². The van der Waals surface area contributed by atoms with Gasteiger partial charge in [-0.2, -0.15) is 0 Å². The van der Waals surface area contributed by atoms with Gasteiger partial charge in [-0.3, -0.25) is 4.79 Å². The zero-order valence-corrected chi connectivity index (χ0v) is 23.5. The lowest BCUT2D eigenvalue weighted by molar-refractivity contribution is -0.136. The number of carbonyl (C=O) groups is 2. The highest BCUT2D eigenvalue weighted by Crippen LogP contribution is 2.40. The second-order valence-electron chi connectivity index (χ2n) is 11.3. The molecule has 0 bridgehead atoms. The molecule has 0 aliphatic carbocycles. The van der Waals surface area contributed by atoms with Gasteiger partial charge in [0.05, 0.1) is 12.6 Å². The molecule has 1 N–H and O–H groups in total. The van der Waals surface area contributed by atoms with Gasteiger partial charge in [0.25, 0.3) is 0 Å². The molecule has 3 aromatic carbocycles. The van der Waals surface area contributed by atoms with E-state index in [9.17, 15) is 18.4 Å². The van der Waals surface area contributed by atoms with E-state index in [1.807, 2.05) is 65.6 Å². The van der Waals surface area contributed by atoms with Crippen LogP contribution >= 0.6 is 0 Å². The number of alkyl carbamates (subject to hydrolysis) is 1. The van der Waals surface area contributed by atoms with Crippen LogP contribution in [-0.4, -0.2) is 55.1 Å². The maximum Gasteiger partial charge on any atom is 0.407 e. The first kappa shape index (κ1) is 28.7. The van der Waals surface area contributed by atoms with Crippen LogP contribution < -0.4 is 5.32 Å². The lowest BCUT2D eigenvalue weighted by Crippen LogP contribution is -2.54. The Balaban J connectivity index is 1.34. The Kier molecular flexibility index (Phi) is 8.68. The molecule has 0 spiro atoms. The van der Waals surface area contributed by atoms with E-state index in [2.05, 4.69) is 10.2 Å². The Hall–Kier alpha value is -3.78. The highest BCUT2D eigenvalue weighted by molar-refractivity contribution is 5.77. The molecule has 5 rings (SSSR count). The number of carbonyl (C=O) groups excluding carboxylic acids is 2. The average Bonchev–Trinajstić information content (AvgIpc) is 3.00. The van der Waals surface area contributed by atoms with Gasteiger partial charge >= 0.3 is 6.09 Å². The van der Waals surface area contributed by atoms with Crippen LogP contribution in [0.15, 0.2) is 78.9 Å². The van der Waals surface area contributed by atoms with Crippen molar-refractivity contribution in [3.8, 4) is 0 Å². The molecule has 6 nitrogen and oxygen atoms in total. The van der Waals surface area contributed by atoms with Gasteiger partial charge in [-0.15, -0.1) is 0 Å². The van der Waals surface area contributed by atoms with Gasteiger partial charge < -0.3 is 19.9 Å². The van der Waals surface area contributed by atoms with Gasteiger partial charge in [0.2, 0.25) is 5.91 Å². The molecule has 3 aromatic rings. The van der Waals surface area contributed by atoms with Gasteiger partial charge in [-0.25, -0.2) is 13.6 Å². The van der Waals surface area contributed by atoms with E-state index in [-0.39, 0.29) is 5.91 Å². The smallest absolute Gasteiger partial charge is 0.407 e. The number of ether oxygens (including phenoxy) is 1. The second kappa shape index (κ2) is 12.4. The normalized spacial score (nSPS) is 21.0. The molecule has 2 heterocycles. The first-order chi connectivity index (χ1) is 19.8. The molecule has 41 heavy (non-hydrogen) atoms. The molecule has 0 saturated carbocycles. The van der Waals surface area contributed by atoms with Gasteiger partial charge in [-0.05, 0) is 61.1 Å². The zero-order chi connectivity index (χ0) is 28.9. The van der Waals surface area contributed by atoms with Crippen LogP contribution in [0.2, 0.25) is 0 Å². The predicted molar refractivity (Wildman–Crippen MR) is 153 cm³/mol. The van der Waals surface area contributed by atoms with Gasteiger partial charge in [0, 0.05) is 38.0 Å². The summed E-state index contributed by atoms with van der Waals surface area (Å²) in [7, 11) is 1.37. The molecule has 1 atom stereocenters. The van der Waals surface area contributed by atoms with Crippen LogP contribution in [0.4, 0.5) is 13.6 Å². The molecule has 2 amide bonds. The van der Waals surface area contributed by atoms with Crippen LogP contribution in [0.25, 0.3) is 0 Å². The lowest BCUT2D eigenvalue weighted by atomic mass is 9.71. The maximum absolute atomic E-state index is 14.5. The van der Waals surface area contributed by atoms with E-state index >= 15 is 0 Å². The first-order valence-corrected chi connectivity index (χ1v) is 14.2. The molecule has 1 unspecified atom stereocenters. The fourth-order valence-electron chi connectivity index (χ4n) is 6.41. The van der Waals surface area contributed by atoms with Crippen LogP contribution in [0.3, 0.4) is 0 Å². The average molecular weight is 562 g/mol. The van der Waals surface area contributed by atoms with Gasteiger partial charge in [-0.1, -0.05) is 66.7 Å². The van der Waals surface area contributed by atoms with Crippen LogP contribution in [0.1, 0.15) is 48.8 Å². The SMILES string of the molecule is COC(=O)NC1(c2ccccc2)CCN(CCC2(c3ccc(F)c(F)c3)CCC(=O)N(Cc3ccccc3)C2)CC1. The third-order valence-corrected chi connectivity index (χ3v) is 8.88. The number of halogens is 2. The molecule has 8 heteroatoms. The minimum absolute atomic E-state index is 0.0755. The van der Waals surface area contributed by atoms with Crippen molar-refractivity contribution < 1.29 is 23.1 Å². The fraction of sp³-hybridized carbons (Fsp3) is 0.394. The second-order valence-corrected chi connectivity index (χ2v) is 11.3. The summed E-state index contributed by atoms with van der Waals surface area (Å²) in [6.07, 6.45) is 2.59. The Labute approximate surface area is 240 Å². The summed E-state index contributed by atoms with van der Waals surface area (Å²) in [6, 6.07) is 24.0. The summed E-state index contributed by atoms with van der Waals surface area (Å²) in [5.74, 6) is -1.66. The van der Waals surface area contributed by atoms with Crippen molar-refractivity contribution in [2.24, 2.45) is 0 Å². The number of amides is 2. The Morgan fingerprint density at radius 3 is 2.24 bits per heavy atom. The number of methoxy groups -OCH3 is 1. The van der Waals surface area contributed by atoms with Crippen molar-refractivity contribution in [2.45, 2.75) is 49.6 Å². The summed E-state index contributed by atoms with van der Waals surface area (Å²) in [5.41, 5.74) is 1.78. The Morgan fingerprint density at radius 2 is 1.59 bits per heavy atom. The van der Waals surface area contributed by atoms with Crippen molar-refractivity contribution >= 4 is 12.0 Å². The van der Waals surface area contributed by atoms with E-state index < -0.39 is 28.7 Å². The summed E-state index contributed by atoms with van der Waals surface area (Å²) in [4.78, 5) is 29.5. The number of piperidine rings is 2. The van der Waals surface area contributed by atoms with Crippen LogP contribution in [0.5, 0.6) is 0 Å². The topological polar surface area (TPSA) is 61.9 Å². The minimum atomic E-state index is -0.872. The Morgan fingerprint density at radius 1 is 0.902 bits per heavy atom. The zero-order valence-electron chi connectivity index (χ0n) is 23.5. The van der Waals surface area contributed by atoms with Crippen molar-refractivity contribution in [3.63, 3.8) is 0 Å². The van der Waals surface area contributed by atoms with Crippen LogP contribution in [0, 0.1) is 11.6 Å². The number of nitrogens with one attached hydrogen (secondary N) is 1. The maximum atomic E-state index is 14.5. The lowest BCUT2D eigenvalue weighted by Gasteiger charge is -2.46. The number of rotatable bonds is 8. The fourth-order valence-corrected chi connectivity index (χ4v) is 6.41. The van der Waals surface area contributed by atoms with Crippen molar-refractivity contribution in [3.05, 3.63) is 107 Å². The summed E-state index contributed by atoms with van der Waals surface area (Å²) >= 11 is 0. The molecular formula is C33H37F2N3O3. The monoisotopic (exact) mass is 561 g/mol. The number of likely N-dealkylation sites (tertiary alicyclic amines) is 2. The van der Waals surface area contributed by atoms with E-state index in [1.54, 1.807) is 6.07 Å². The highest BCUT2D eigenvalue weighted by Gasteiger charge is 2.42. The quantitative estimate of drug-likeness (QED) is 0.380. The summed E-state index contributed by atoms with van der Waals surface area (Å²) < 4.78 is 33.4. The third-order valence-electron chi connectivity index (χ3n) is 8.88. The largest absolute Gasteiger partial charge is 0.453 e. The summed E-state index contributed by atoms with van der Waals surface area (Å²) in [6.45, 7) is 3.15. The standard InChI is InChI=1S/C33H37F2N3O3/c1-41-31(40)36-33(26-10-6-3-7-11-26)17-20-37(21-18-33)19-16-32(27-12-13-28(34)29(35)22-27)15-14-30(39)38(24-32)23-25-8-4-2-5-9-25/h2-13,22H,14-21,23-24H2,1H3,(H,36,40). The number of benzene rings is 3. The molecule has 2 saturated heterocycles. The van der Waals surface area contributed by atoms with Crippen molar-refractivity contribution in [1.82, 2.24) is 15.1 Å². The van der Waals surface area contributed by atoms with E-state index in [0.717, 1.165) is 36.3 Å². The van der Waals surface area contributed by atoms with Crippen molar-refractivity contribution in [2.75, 3.05) is 33.3 Å². The molecule has 2 fully saturated rings. The predicted octanol–water partition coefficient (Wildman–Crippen LogP) is 5.76. The summed E-state index contributed by atoms with van der Waals surface area (Å²) in [5, 5.41) is 3.09. The number of hydrogen-bond donors (Lipinski definition) is 1. The molecule has 216 valence electrons. The molecule has 0 radical (unpaired) electrons. The number of hydrogen-bond acceptors (Lipinski definition) is 4.